The number of Topliss-reactive ketones (excluding diaryl/α,β-unsaturated/α-hetero) is 1. The summed E-state index contributed by atoms with van der Waals surface area (Å²) in [5.41, 5.74) is 5.52. The predicted octanol–water partition coefficient (Wildman–Crippen LogP) is 2.71. The van der Waals surface area contributed by atoms with E-state index in [2.05, 4.69) is 0 Å². The number of aryl methyl sites for hydroxylation is 1. The van der Waals surface area contributed by atoms with Gasteiger partial charge >= 0.3 is 0 Å². The van der Waals surface area contributed by atoms with Crippen molar-refractivity contribution in [1.29, 1.82) is 0 Å². The van der Waals surface area contributed by atoms with E-state index in [1.165, 1.54) is 12.5 Å². The van der Waals surface area contributed by atoms with Gasteiger partial charge in [0.1, 0.15) is 0 Å². The zero-order valence-electron chi connectivity index (χ0n) is 14.0. The molecule has 5 nitrogen and oxygen atoms in total. The molecule has 2 aromatic carbocycles. The van der Waals surface area contributed by atoms with Crippen LogP contribution >= 0.6 is 0 Å². The molecule has 0 aromatic heterocycles. The highest BCUT2D eigenvalue weighted by Gasteiger charge is 2.12. The molecule has 0 bridgehead atoms. The van der Waals surface area contributed by atoms with Gasteiger partial charge in [-0.25, -0.2) is 5.48 Å². The maximum Gasteiger partial charge on any atom is 0.257 e. The number of hydroxylamine groups is 1. The third kappa shape index (κ3) is 5.30. The van der Waals surface area contributed by atoms with Crippen molar-refractivity contribution in [3.8, 4) is 0 Å². The third-order valence-electron chi connectivity index (χ3n) is 3.76. The molecule has 2 rings (SSSR count). The minimum atomic E-state index is -0.468. The number of nitrogens with one attached hydrogen (secondary N) is 1. The first-order valence-electron chi connectivity index (χ1n) is 7.78. The average molecular weight is 326 g/mol. The summed E-state index contributed by atoms with van der Waals surface area (Å²) in [6.07, 6.45) is 0. The number of hydrogen-bond donors (Lipinski definition) is 2. The number of benzene rings is 2. The molecule has 5 heteroatoms. The fourth-order valence-corrected chi connectivity index (χ4v) is 2.50. The van der Waals surface area contributed by atoms with Gasteiger partial charge in [0.2, 0.25) is 0 Å². The van der Waals surface area contributed by atoms with Gasteiger partial charge in [0.05, 0.1) is 6.54 Å². The Kier molecular flexibility index (Phi) is 6.23. The van der Waals surface area contributed by atoms with Crippen molar-refractivity contribution in [3.63, 3.8) is 0 Å². The van der Waals surface area contributed by atoms with E-state index in [1.54, 1.807) is 11.5 Å². The van der Waals surface area contributed by atoms with Crippen LogP contribution in [0.5, 0.6) is 0 Å². The van der Waals surface area contributed by atoms with E-state index in [-0.39, 0.29) is 12.3 Å². The van der Waals surface area contributed by atoms with Crippen molar-refractivity contribution in [2.24, 2.45) is 0 Å². The lowest BCUT2D eigenvalue weighted by Gasteiger charge is -2.21. The largest absolute Gasteiger partial charge is 0.295 e. The topological polar surface area (TPSA) is 69.6 Å². The summed E-state index contributed by atoms with van der Waals surface area (Å²) < 4.78 is 0. The Morgan fingerprint density at radius 2 is 1.71 bits per heavy atom. The number of amides is 1. The van der Waals surface area contributed by atoms with E-state index >= 15 is 0 Å². The second-order valence-electron chi connectivity index (χ2n) is 5.92. The first-order valence-corrected chi connectivity index (χ1v) is 7.78. The van der Waals surface area contributed by atoms with Crippen molar-refractivity contribution in [2.75, 3.05) is 6.54 Å². The lowest BCUT2D eigenvalue weighted by molar-refractivity contribution is -0.130. The molecule has 2 aromatic rings. The Morgan fingerprint density at radius 3 is 2.33 bits per heavy atom. The normalized spacial score (nSPS) is 10.7. The van der Waals surface area contributed by atoms with Crippen LogP contribution in [-0.4, -0.2) is 28.3 Å². The molecule has 0 saturated carbocycles. The maximum atomic E-state index is 11.6. The van der Waals surface area contributed by atoms with Gasteiger partial charge in [0.15, 0.2) is 5.78 Å². The van der Waals surface area contributed by atoms with Crippen LogP contribution in [0.3, 0.4) is 0 Å². The summed E-state index contributed by atoms with van der Waals surface area (Å²) in [5.74, 6) is -0.458. The fraction of sp³-hybridized carbons (Fsp3) is 0.263. The molecule has 0 unspecified atom stereocenters. The van der Waals surface area contributed by atoms with Crippen LogP contribution in [0, 0.1) is 6.92 Å². The summed E-state index contributed by atoms with van der Waals surface area (Å²) in [5, 5.41) is 8.80. The van der Waals surface area contributed by atoms with E-state index < -0.39 is 5.91 Å². The molecule has 126 valence electrons. The van der Waals surface area contributed by atoms with Gasteiger partial charge in [-0.05, 0) is 31.0 Å². The monoisotopic (exact) mass is 326 g/mol. The Bertz CT molecular complexity index is 711. The molecule has 0 aliphatic carbocycles. The standard InChI is InChI=1S/C19H22N2O3/c1-14-6-8-16(9-7-14)11-21(13-19(23)20-24)12-17-4-3-5-18(10-17)15(2)22/h3-10,24H,11-13H2,1-2H3,(H,20,23). The SMILES string of the molecule is CC(=O)c1cccc(CN(CC(=O)NO)Cc2ccc(C)cc2)c1. The van der Waals surface area contributed by atoms with Crippen LogP contribution in [0.4, 0.5) is 0 Å². The second kappa shape index (κ2) is 8.38. The van der Waals surface area contributed by atoms with Gasteiger partial charge in [-0.2, -0.15) is 0 Å². The minimum Gasteiger partial charge on any atom is -0.295 e. The molecule has 2 N–H and O–H groups in total. The lowest BCUT2D eigenvalue weighted by Crippen LogP contribution is -2.35. The minimum absolute atomic E-state index is 0.00929. The van der Waals surface area contributed by atoms with Gasteiger partial charge in [0.25, 0.3) is 5.91 Å². The highest BCUT2D eigenvalue weighted by atomic mass is 16.5. The highest BCUT2D eigenvalue weighted by Crippen LogP contribution is 2.13. The first-order chi connectivity index (χ1) is 11.5. The smallest absolute Gasteiger partial charge is 0.257 e. The molecule has 0 spiro atoms. The number of nitrogens with zero attached hydrogens (tertiary/aromatic N) is 1. The summed E-state index contributed by atoms with van der Waals surface area (Å²) in [7, 11) is 0. The lowest BCUT2D eigenvalue weighted by atomic mass is 10.1. The Balaban J connectivity index is 2.16. The van der Waals surface area contributed by atoms with Crippen molar-refractivity contribution in [2.45, 2.75) is 26.9 Å². The van der Waals surface area contributed by atoms with Crippen LogP contribution in [0.2, 0.25) is 0 Å². The summed E-state index contributed by atoms with van der Waals surface area (Å²) >= 11 is 0. The van der Waals surface area contributed by atoms with E-state index in [0.717, 1.165) is 11.1 Å². The van der Waals surface area contributed by atoms with Gasteiger partial charge < -0.3 is 0 Å². The van der Waals surface area contributed by atoms with Crippen LogP contribution in [0.15, 0.2) is 48.5 Å². The third-order valence-corrected chi connectivity index (χ3v) is 3.76. The van der Waals surface area contributed by atoms with Gasteiger partial charge in [-0.15, -0.1) is 0 Å². The van der Waals surface area contributed by atoms with E-state index in [4.69, 9.17) is 5.21 Å². The predicted molar refractivity (Wildman–Crippen MR) is 91.7 cm³/mol. The van der Waals surface area contributed by atoms with Gasteiger partial charge in [-0.3, -0.25) is 19.7 Å². The maximum absolute atomic E-state index is 11.6. The first kappa shape index (κ1) is 17.8. The number of rotatable bonds is 7. The summed E-state index contributed by atoms with van der Waals surface area (Å²) in [4.78, 5) is 25.0. The fourth-order valence-electron chi connectivity index (χ4n) is 2.50. The second-order valence-corrected chi connectivity index (χ2v) is 5.92. The van der Waals surface area contributed by atoms with Crippen LogP contribution in [0.1, 0.15) is 34.0 Å². The average Bonchev–Trinajstić information content (AvgIpc) is 2.57. The number of carbonyl (C=O) groups is 2. The molecule has 0 aliphatic heterocycles. The molecule has 0 fully saturated rings. The molecular weight excluding hydrogens is 304 g/mol. The molecule has 0 atom stereocenters. The van der Waals surface area contributed by atoms with Gasteiger partial charge in [-0.1, -0.05) is 48.0 Å². The zero-order valence-corrected chi connectivity index (χ0v) is 14.0. The summed E-state index contributed by atoms with van der Waals surface area (Å²) in [6, 6.07) is 15.5. The molecule has 0 aliphatic rings. The van der Waals surface area contributed by atoms with Crippen molar-refractivity contribution >= 4 is 11.7 Å². The van der Waals surface area contributed by atoms with Crippen molar-refractivity contribution in [1.82, 2.24) is 10.4 Å². The zero-order chi connectivity index (χ0) is 17.5. The summed E-state index contributed by atoms with van der Waals surface area (Å²) in [6.45, 7) is 4.69. The van der Waals surface area contributed by atoms with Crippen molar-refractivity contribution in [3.05, 3.63) is 70.8 Å². The number of carbonyl (C=O) groups excluding carboxylic acids is 2. The van der Waals surface area contributed by atoms with E-state index in [0.29, 0.717) is 18.7 Å². The number of hydrogen-bond acceptors (Lipinski definition) is 4. The Hall–Kier alpha value is -2.50. The molecule has 0 radical (unpaired) electrons. The molecular formula is C19H22N2O3. The van der Waals surface area contributed by atoms with E-state index in [1.807, 2.05) is 54.3 Å². The molecule has 1 amide bonds. The highest BCUT2D eigenvalue weighted by molar-refractivity contribution is 5.94. The Labute approximate surface area is 141 Å². The van der Waals surface area contributed by atoms with Gasteiger partial charge in [0, 0.05) is 18.7 Å². The van der Waals surface area contributed by atoms with E-state index in [9.17, 15) is 9.59 Å². The Morgan fingerprint density at radius 1 is 1.04 bits per heavy atom. The van der Waals surface area contributed by atoms with Crippen LogP contribution in [-0.2, 0) is 17.9 Å². The quantitative estimate of drug-likeness (QED) is 0.466. The molecule has 0 saturated heterocycles. The number of ketones is 1. The van der Waals surface area contributed by atoms with Crippen LogP contribution < -0.4 is 5.48 Å². The van der Waals surface area contributed by atoms with Crippen LogP contribution in [0.25, 0.3) is 0 Å². The molecule has 24 heavy (non-hydrogen) atoms. The van der Waals surface area contributed by atoms with Crippen molar-refractivity contribution < 1.29 is 14.8 Å². The molecule has 0 heterocycles.